The molecule has 1 unspecified atom stereocenters. The van der Waals surface area contributed by atoms with Crippen molar-refractivity contribution in [3.63, 3.8) is 0 Å². The fourth-order valence-corrected chi connectivity index (χ4v) is 4.22. The number of rotatable bonds is 3. The zero-order chi connectivity index (χ0) is 16.6. The molecule has 6 heteroatoms. The Balaban J connectivity index is 1.88. The van der Waals surface area contributed by atoms with Crippen LogP contribution in [0.1, 0.15) is 24.6 Å². The third-order valence-corrected chi connectivity index (χ3v) is 5.75. The van der Waals surface area contributed by atoms with E-state index < -0.39 is 0 Å². The van der Waals surface area contributed by atoms with E-state index in [-0.39, 0.29) is 5.41 Å². The number of anilines is 2. The molecule has 2 nitrogen and oxygen atoms in total. The van der Waals surface area contributed by atoms with E-state index >= 15 is 0 Å². The van der Waals surface area contributed by atoms with Gasteiger partial charge in [-0.1, -0.05) is 82.9 Å². The van der Waals surface area contributed by atoms with E-state index in [2.05, 4.69) is 36.3 Å². The van der Waals surface area contributed by atoms with Gasteiger partial charge in [0.25, 0.3) is 0 Å². The van der Waals surface area contributed by atoms with Crippen LogP contribution in [0.5, 0.6) is 0 Å². The quantitative estimate of drug-likeness (QED) is 0.631. The topological polar surface area (TPSA) is 24.9 Å². The van der Waals surface area contributed by atoms with Crippen molar-refractivity contribution in [2.24, 2.45) is 0 Å². The molecular formula is C17H15Cl3N2S. The average molecular weight is 386 g/mol. The van der Waals surface area contributed by atoms with Crippen molar-refractivity contribution in [3.8, 4) is 0 Å². The van der Waals surface area contributed by atoms with Crippen LogP contribution in [0.2, 0.25) is 4.34 Å². The van der Waals surface area contributed by atoms with Gasteiger partial charge in [-0.15, -0.1) is 0 Å². The largest absolute Gasteiger partial charge is 0.332 e. The van der Waals surface area contributed by atoms with Crippen molar-refractivity contribution in [2.45, 2.75) is 25.7 Å². The molecule has 0 saturated heterocycles. The summed E-state index contributed by atoms with van der Waals surface area (Å²) < 4.78 is 0.661. The summed E-state index contributed by atoms with van der Waals surface area (Å²) in [7, 11) is 0. The molecule has 0 fully saturated rings. The SMILES string of the molecule is Cc1ccc(Nc2nc(C3(C)C=C(Cl)C(Cl)=CC3)c(Cl)s2)cc1. The second kappa shape index (κ2) is 6.48. The van der Waals surface area contributed by atoms with Crippen LogP contribution < -0.4 is 5.32 Å². The summed E-state index contributed by atoms with van der Waals surface area (Å²) in [6.07, 6.45) is 4.55. The lowest BCUT2D eigenvalue weighted by atomic mass is 9.81. The normalized spacial score (nSPS) is 20.9. The zero-order valence-corrected chi connectivity index (χ0v) is 15.7. The van der Waals surface area contributed by atoms with Gasteiger partial charge in [0, 0.05) is 11.1 Å². The number of benzene rings is 1. The van der Waals surface area contributed by atoms with Crippen LogP contribution in [-0.4, -0.2) is 4.98 Å². The van der Waals surface area contributed by atoms with Gasteiger partial charge in [-0.2, -0.15) is 0 Å². The Hall–Kier alpha value is -1.000. The van der Waals surface area contributed by atoms with Crippen molar-refractivity contribution >= 4 is 57.0 Å². The van der Waals surface area contributed by atoms with Crippen molar-refractivity contribution in [1.29, 1.82) is 0 Å². The number of thiazole rings is 1. The van der Waals surface area contributed by atoms with Gasteiger partial charge in [0.1, 0.15) is 4.34 Å². The van der Waals surface area contributed by atoms with Crippen LogP contribution in [0.15, 0.2) is 46.5 Å². The van der Waals surface area contributed by atoms with Crippen LogP contribution in [-0.2, 0) is 5.41 Å². The predicted molar refractivity (Wildman–Crippen MR) is 101 cm³/mol. The standard InChI is InChI=1S/C17H15Cl3N2S/c1-10-3-5-11(6-4-10)21-16-22-14(15(20)23-16)17(2)8-7-12(18)13(19)9-17/h3-7,9H,8H2,1-2H3,(H,21,22). The minimum absolute atomic E-state index is 0.351. The smallest absolute Gasteiger partial charge is 0.188 e. The second-order valence-electron chi connectivity index (χ2n) is 5.80. The number of aromatic nitrogens is 1. The first kappa shape index (κ1) is 16.8. The minimum Gasteiger partial charge on any atom is -0.332 e. The molecule has 1 aliphatic carbocycles. The Labute approximate surface area is 154 Å². The van der Waals surface area contributed by atoms with E-state index in [1.54, 1.807) is 0 Å². The molecule has 0 aliphatic heterocycles. The number of halogens is 3. The summed E-state index contributed by atoms with van der Waals surface area (Å²) in [5, 5.41) is 5.18. The van der Waals surface area contributed by atoms with Crippen molar-refractivity contribution in [3.05, 3.63) is 62.1 Å². The molecule has 0 bridgehead atoms. The average Bonchev–Trinajstić information content (AvgIpc) is 2.87. The van der Waals surface area contributed by atoms with E-state index in [0.717, 1.165) is 22.9 Å². The number of hydrogen-bond acceptors (Lipinski definition) is 3. The molecule has 120 valence electrons. The first-order valence-corrected chi connectivity index (χ1v) is 9.07. The first-order chi connectivity index (χ1) is 10.9. The van der Waals surface area contributed by atoms with Gasteiger partial charge in [0.2, 0.25) is 0 Å². The van der Waals surface area contributed by atoms with E-state index in [0.29, 0.717) is 14.4 Å². The van der Waals surface area contributed by atoms with E-state index in [4.69, 9.17) is 34.8 Å². The molecule has 1 heterocycles. The van der Waals surface area contributed by atoms with Gasteiger partial charge in [-0.05, 0) is 25.5 Å². The van der Waals surface area contributed by atoms with E-state index in [1.165, 1.54) is 16.9 Å². The molecule has 1 aromatic heterocycles. The summed E-state index contributed by atoms with van der Waals surface area (Å²) >= 11 is 20.1. The fraction of sp³-hybridized carbons (Fsp3) is 0.235. The molecule has 1 aromatic carbocycles. The molecule has 0 spiro atoms. The summed E-state index contributed by atoms with van der Waals surface area (Å²) in [6.45, 7) is 4.12. The molecular weight excluding hydrogens is 371 g/mol. The number of nitrogens with zero attached hydrogens (tertiary/aromatic N) is 1. The maximum Gasteiger partial charge on any atom is 0.188 e. The maximum absolute atomic E-state index is 6.43. The lowest BCUT2D eigenvalue weighted by Gasteiger charge is -2.26. The molecule has 0 amide bonds. The number of hydrogen-bond donors (Lipinski definition) is 1. The highest BCUT2D eigenvalue weighted by molar-refractivity contribution is 7.19. The van der Waals surface area contributed by atoms with Crippen LogP contribution in [0, 0.1) is 6.92 Å². The van der Waals surface area contributed by atoms with E-state index in [9.17, 15) is 0 Å². The summed E-state index contributed by atoms with van der Waals surface area (Å²) in [6, 6.07) is 8.14. The van der Waals surface area contributed by atoms with Crippen molar-refractivity contribution < 1.29 is 0 Å². The lowest BCUT2D eigenvalue weighted by molar-refractivity contribution is 0.581. The Morgan fingerprint density at radius 3 is 2.48 bits per heavy atom. The van der Waals surface area contributed by atoms with Gasteiger partial charge in [0.15, 0.2) is 5.13 Å². The highest BCUT2D eigenvalue weighted by Crippen LogP contribution is 2.44. The maximum atomic E-state index is 6.43. The van der Waals surface area contributed by atoms with Crippen molar-refractivity contribution in [2.75, 3.05) is 5.32 Å². The summed E-state index contributed by atoms with van der Waals surface area (Å²) in [4.78, 5) is 4.68. The number of allylic oxidation sites excluding steroid dienone is 4. The van der Waals surface area contributed by atoms with Crippen LogP contribution in [0.25, 0.3) is 0 Å². The van der Waals surface area contributed by atoms with Crippen LogP contribution in [0.3, 0.4) is 0 Å². The van der Waals surface area contributed by atoms with Crippen LogP contribution >= 0.6 is 46.1 Å². The molecule has 2 aromatic rings. The molecule has 23 heavy (non-hydrogen) atoms. The number of nitrogens with one attached hydrogen (secondary N) is 1. The molecule has 1 atom stereocenters. The summed E-state index contributed by atoms with van der Waals surface area (Å²) in [5.74, 6) is 0. The first-order valence-electron chi connectivity index (χ1n) is 7.12. The Bertz CT molecular complexity index is 793. The van der Waals surface area contributed by atoms with E-state index in [1.807, 2.05) is 24.3 Å². The van der Waals surface area contributed by atoms with Crippen LogP contribution in [0.4, 0.5) is 10.8 Å². The minimum atomic E-state index is -0.351. The predicted octanol–water partition coefficient (Wildman–Crippen LogP) is 6.76. The molecule has 0 saturated carbocycles. The van der Waals surface area contributed by atoms with Gasteiger partial charge < -0.3 is 5.32 Å². The van der Waals surface area contributed by atoms with Gasteiger partial charge in [-0.3, -0.25) is 0 Å². The Morgan fingerprint density at radius 2 is 1.83 bits per heavy atom. The van der Waals surface area contributed by atoms with Crippen molar-refractivity contribution in [1.82, 2.24) is 4.98 Å². The third-order valence-electron chi connectivity index (χ3n) is 3.81. The zero-order valence-electron chi connectivity index (χ0n) is 12.7. The van der Waals surface area contributed by atoms with Gasteiger partial charge in [-0.25, -0.2) is 4.98 Å². The third kappa shape index (κ3) is 3.58. The molecule has 1 N–H and O–H groups in total. The molecule has 0 radical (unpaired) electrons. The highest BCUT2D eigenvalue weighted by atomic mass is 35.5. The highest BCUT2D eigenvalue weighted by Gasteiger charge is 2.32. The Morgan fingerprint density at radius 1 is 1.13 bits per heavy atom. The van der Waals surface area contributed by atoms with Gasteiger partial charge in [0.05, 0.1) is 15.8 Å². The molecule has 3 rings (SSSR count). The van der Waals surface area contributed by atoms with Gasteiger partial charge >= 0.3 is 0 Å². The Kier molecular flexibility index (Phi) is 4.75. The monoisotopic (exact) mass is 384 g/mol. The fourth-order valence-electron chi connectivity index (χ4n) is 2.44. The molecule has 1 aliphatic rings. The number of aryl methyl sites for hydroxylation is 1. The lowest BCUT2D eigenvalue weighted by Crippen LogP contribution is -2.22. The second-order valence-corrected chi connectivity index (χ2v) is 8.21. The summed E-state index contributed by atoms with van der Waals surface area (Å²) in [5.41, 5.74) is 2.66.